The minimum Gasteiger partial charge on any atom is -0.491 e. The predicted molar refractivity (Wildman–Crippen MR) is 124 cm³/mol. The van der Waals surface area contributed by atoms with Gasteiger partial charge in [0.1, 0.15) is 5.75 Å². The van der Waals surface area contributed by atoms with Gasteiger partial charge >= 0.3 is 6.11 Å². The number of benzene rings is 3. The van der Waals surface area contributed by atoms with E-state index >= 15 is 0 Å². The zero-order valence-electron chi connectivity index (χ0n) is 19.3. The van der Waals surface area contributed by atoms with Gasteiger partial charge in [0, 0.05) is 0 Å². The van der Waals surface area contributed by atoms with E-state index in [1.807, 2.05) is 12.1 Å². The van der Waals surface area contributed by atoms with Gasteiger partial charge in [-0.05, 0) is 60.7 Å². The smallest absolute Gasteiger partial charge is 0.433 e. The van der Waals surface area contributed by atoms with Gasteiger partial charge in [0.2, 0.25) is 11.6 Å². The molecule has 34 heavy (non-hydrogen) atoms. The van der Waals surface area contributed by atoms with Crippen molar-refractivity contribution in [2.75, 3.05) is 13.2 Å². The third-order valence-corrected chi connectivity index (χ3v) is 5.19. The van der Waals surface area contributed by atoms with Crippen LogP contribution in [0.15, 0.2) is 60.7 Å². The van der Waals surface area contributed by atoms with Crippen LogP contribution in [0.1, 0.15) is 38.7 Å². The Morgan fingerprint density at radius 2 is 1.29 bits per heavy atom. The third-order valence-electron chi connectivity index (χ3n) is 5.19. The van der Waals surface area contributed by atoms with E-state index in [2.05, 4.69) is 23.8 Å². The number of rotatable bonds is 12. The van der Waals surface area contributed by atoms with E-state index in [9.17, 15) is 17.6 Å². The summed E-state index contributed by atoms with van der Waals surface area (Å²) in [6, 6.07) is 16.8. The van der Waals surface area contributed by atoms with Crippen LogP contribution in [0.3, 0.4) is 0 Å². The lowest BCUT2D eigenvalue weighted by Crippen LogP contribution is -2.33. The van der Waals surface area contributed by atoms with Gasteiger partial charge in [0.15, 0.2) is 18.1 Å². The average Bonchev–Trinajstić information content (AvgIpc) is 2.84. The first kappa shape index (κ1) is 25.4. The topological polar surface area (TPSA) is 27.7 Å². The maximum atomic E-state index is 14.2. The molecule has 0 aromatic heterocycles. The summed E-state index contributed by atoms with van der Waals surface area (Å²) in [5, 5.41) is 0. The molecule has 0 aliphatic carbocycles. The van der Waals surface area contributed by atoms with Crippen LogP contribution < -0.4 is 14.2 Å². The van der Waals surface area contributed by atoms with Crippen molar-refractivity contribution in [1.29, 1.82) is 0 Å². The summed E-state index contributed by atoms with van der Waals surface area (Å²) in [5.74, 6) is -4.05. The lowest BCUT2D eigenvalue weighted by atomic mass is 10.0. The van der Waals surface area contributed by atoms with Crippen molar-refractivity contribution < 1.29 is 31.8 Å². The lowest BCUT2D eigenvalue weighted by Gasteiger charge is -2.19. The Bertz CT molecular complexity index is 1050. The third kappa shape index (κ3) is 6.89. The first-order valence-corrected chi connectivity index (χ1v) is 11.3. The predicted octanol–water partition coefficient (Wildman–Crippen LogP) is 7.81. The monoisotopic (exact) mass is 476 g/mol. The van der Waals surface area contributed by atoms with E-state index in [4.69, 9.17) is 9.47 Å². The van der Waals surface area contributed by atoms with Crippen molar-refractivity contribution in [3.63, 3.8) is 0 Å². The molecule has 182 valence electrons. The molecule has 0 unspecified atom stereocenters. The first-order valence-electron chi connectivity index (χ1n) is 11.3. The zero-order chi connectivity index (χ0) is 24.6. The molecule has 0 amide bonds. The van der Waals surface area contributed by atoms with Gasteiger partial charge in [-0.1, -0.05) is 56.2 Å². The fraction of sp³-hybridized carbons (Fsp3) is 0.333. The van der Waals surface area contributed by atoms with E-state index < -0.39 is 30.1 Å². The quantitative estimate of drug-likeness (QED) is 0.197. The zero-order valence-corrected chi connectivity index (χ0v) is 19.3. The highest BCUT2D eigenvalue weighted by Crippen LogP contribution is 2.31. The minimum atomic E-state index is -3.88. The summed E-state index contributed by atoms with van der Waals surface area (Å²) in [6.45, 7) is 2.69. The second-order valence-corrected chi connectivity index (χ2v) is 7.83. The van der Waals surface area contributed by atoms with Crippen LogP contribution in [-0.4, -0.2) is 19.3 Å². The molecule has 0 fully saturated rings. The van der Waals surface area contributed by atoms with E-state index in [0.29, 0.717) is 0 Å². The molecule has 0 N–H and O–H groups in total. The molecular weight excluding hydrogens is 448 g/mol. The molecule has 0 spiro atoms. The molecule has 0 aliphatic rings. The second-order valence-electron chi connectivity index (χ2n) is 7.83. The van der Waals surface area contributed by atoms with E-state index in [0.717, 1.165) is 36.1 Å². The van der Waals surface area contributed by atoms with Crippen LogP contribution in [0.5, 0.6) is 17.2 Å². The average molecular weight is 477 g/mol. The highest BCUT2D eigenvalue weighted by atomic mass is 19.3. The van der Waals surface area contributed by atoms with Gasteiger partial charge in [0.05, 0.1) is 6.61 Å². The summed E-state index contributed by atoms with van der Waals surface area (Å²) in [5.41, 5.74) is 3.21. The Balaban J connectivity index is 1.57. The fourth-order valence-electron chi connectivity index (χ4n) is 3.40. The molecule has 0 radical (unpaired) electrons. The molecule has 0 saturated carbocycles. The van der Waals surface area contributed by atoms with Crippen LogP contribution in [0.2, 0.25) is 0 Å². The molecule has 3 aromatic carbocycles. The maximum Gasteiger partial charge on any atom is 0.433 e. The Morgan fingerprint density at radius 1 is 0.706 bits per heavy atom. The number of halogens is 4. The number of aryl methyl sites for hydroxylation is 1. The van der Waals surface area contributed by atoms with Crippen LogP contribution in [-0.2, 0) is 6.42 Å². The summed E-state index contributed by atoms with van der Waals surface area (Å²) >= 11 is 0. The van der Waals surface area contributed by atoms with Crippen molar-refractivity contribution >= 4 is 0 Å². The van der Waals surface area contributed by atoms with Crippen molar-refractivity contribution in [3.8, 4) is 28.4 Å². The molecule has 3 nitrogen and oxygen atoms in total. The van der Waals surface area contributed by atoms with E-state index in [1.165, 1.54) is 18.4 Å². The molecule has 3 aromatic rings. The van der Waals surface area contributed by atoms with Gasteiger partial charge in [-0.2, -0.15) is 17.6 Å². The number of ether oxygens (including phenoxy) is 3. The largest absolute Gasteiger partial charge is 0.491 e. The van der Waals surface area contributed by atoms with E-state index in [1.54, 1.807) is 31.2 Å². The lowest BCUT2D eigenvalue weighted by molar-refractivity contribution is -0.196. The van der Waals surface area contributed by atoms with Crippen LogP contribution in [0.4, 0.5) is 17.6 Å². The van der Waals surface area contributed by atoms with Crippen molar-refractivity contribution in [2.24, 2.45) is 0 Å². The number of unbranched alkanes of at least 4 members (excludes halogenated alkanes) is 2. The maximum absolute atomic E-state index is 14.2. The standard InChI is InChI=1S/C27H28F4O3/c1-3-5-6-7-19-8-10-20(11-9-19)21-12-14-22(15-13-21)33-18-27(30,31)34-24-17-16-23(32-4-2)25(28)26(24)29/h8-17H,3-7,18H2,1-2H3. The fourth-order valence-corrected chi connectivity index (χ4v) is 3.40. The molecule has 0 aliphatic heterocycles. The molecule has 0 atom stereocenters. The molecule has 0 saturated heterocycles. The highest BCUT2D eigenvalue weighted by molar-refractivity contribution is 5.64. The Labute approximate surface area is 197 Å². The van der Waals surface area contributed by atoms with Gasteiger partial charge in [-0.25, -0.2) is 0 Å². The summed E-state index contributed by atoms with van der Waals surface area (Å²) in [7, 11) is 0. The minimum absolute atomic E-state index is 0.101. The van der Waals surface area contributed by atoms with Gasteiger partial charge < -0.3 is 14.2 Å². The summed E-state index contributed by atoms with van der Waals surface area (Å²) in [4.78, 5) is 0. The SMILES string of the molecule is CCCCCc1ccc(-c2ccc(OCC(F)(F)Oc3ccc(OCC)c(F)c3F)cc2)cc1. The van der Waals surface area contributed by atoms with Gasteiger partial charge in [-0.15, -0.1) is 0 Å². The van der Waals surface area contributed by atoms with Gasteiger partial charge in [-0.3, -0.25) is 0 Å². The van der Waals surface area contributed by atoms with Crippen molar-refractivity contribution in [2.45, 2.75) is 45.6 Å². The molecule has 0 bridgehead atoms. The normalized spacial score (nSPS) is 11.4. The molecule has 0 heterocycles. The highest BCUT2D eigenvalue weighted by Gasteiger charge is 2.35. The van der Waals surface area contributed by atoms with Gasteiger partial charge in [0.25, 0.3) is 0 Å². The first-order chi connectivity index (χ1) is 16.3. The van der Waals surface area contributed by atoms with Crippen LogP contribution in [0, 0.1) is 11.6 Å². The van der Waals surface area contributed by atoms with Crippen LogP contribution >= 0.6 is 0 Å². The number of alkyl halides is 2. The number of hydrogen-bond donors (Lipinski definition) is 0. The van der Waals surface area contributed by atoms with Crippen molar-refractivity contribution in [1.82, 2.24) is 0 Å². The molecular formula is C27H28F4O3. The Morgan fingerprint density at radius 3 is 1.91 bits per heavy atom. The molecule has 7 heteroatoms. The summed E-state index contributed by atoms with van der Waals surface area (Å²) in [6.07, 6.45) is 0.717. The van der Waals surface area contributed by atoms with Crippen LogP contribution in [0.25, 0.3) is 11.1 Å². The van der Waals surface area contributed by atoms with Crippen molar-refractivity contribution in [3.05, 3.63) is 77.9 Å². The van der Waals surface area contributed by atoms with E-state index in [-0.39, 0.29) is 18.1 Å². The second kappa shape index (κ2) is 11.8. The number of hydrogen-bond acceptors (Lipinski definition) is 3. The molecule has 3 rings (SSSR count). The summed E-state index contributed by atoms with van der Waals surface area (Å²) < 4.78 is 70.7. The Hall–Kier alpha value is -3.22. The Kier molecular flexibility index (Phi) is 8.79.